The van der Waals surface area contributed by atoms with Gasteiger partial charge in [0.2, 0.25) is 0 Å². The Morgan fingerprint density at radius 3 is 2.85 bits per heavy atom. The highest BCUT2D eigenvalue weighted by molar-refractivity contribution is 6.30. The fraction of sp³-hybridized carbons (Fsp3) is 0.429. The highest BCUT2D eigenvalue weighted by atomic mass is 35.5. The zero-order valence-electron chi connectivity index (χ0n) is 11.8. The van der Waals surface area contributed by atoms with E-state index in [1.54, 1.807) is 12.1 Å². The maximum Gasteiger partial charge on any atom is 0.258 e. The van der Waals surface area contributed by atoms with E-state index in [2.05, 4.69) is 10.1 Å². The lowest BCUT2D eigenvalue weighted by Crippen LogP contribution is -2.40. The van der Waals surface area contributed by atoms with Crippen LogP contribution in [0.3, 0.4) is 0 Å². The van der Waals surface area contributed by atoms with Gasteiger partial charge in [-0.2, -0.15) is 4.98 Å². The normalized spacial score (nSPS) is 14.5. The number of hydrogen-bond acceptors (Lipinski definition) is 5. The second-order valence-corrected chi connectivity index (χ2v) is 5.65. The van der Waals surface area contributed by atoms with Crippen molar-refractivity contribution in [2.75, 3.05) is 6.61 Å². The van der Waals surface area contributed by atoms with E-state index < -0.39 is 5.54 Å². The molecule has 0 amide bonds. The van der Waals surface area contributed by atoms with Gasteiger partial charge in [0, 0.05) is 10.6 Å². The van der Waals surface area contributed by atoms with Gasteiger partial charge in [-0.3, -0.25) is 0 Å². The van der Waals surface area contributed by atoms with E-state index in [0.29, 0.717) is 23.3 Å². The first-order valence-electron chi connectivity index (χ1n) is 6.39. The molecule has 0 bridgehead atoms. The van der Waals surface area contributed by atoms with Crippen molar-refractivity contribution in [2.24, 2.45) is 5.73 Å². The van der Waals surface area contributed by atoms with E-state index in [9.17, 15) is 0 Å². The van der Waals surface area contributed by atoms with Crippen LogP contribution >= 0.6 is 11.6 Å². The first-order chi connectivity index (χ1) is 9.38. The van der Waals surface area contributed by atoms with Crippen LogP contribution in [0.4, 0.5) is 0 Å². The topological polar surface area (TPSA) is 74.2 Å². The molecule has 108 valence electrons. The molecule has 0 aliphatic rings. The number of aromatic nitrogens is 2. The van der Waals surface area contributed by atoms with Gasteiger partial charge in [0.15, 0.2) is 5.82 Å². The third-order valence-corrected chi connectivity index (χ3v) is 2.96. The van der Waals surface area contributed by atoms with Crippen LogP contribution in [-0.2, 0) is 10.3 Å². The molecule has 0 radical (unpaired) electrons. The van der Waals surface area contributed by atoms with Gasteiger partial charge in [0.25, 0.3) is 5.89 Å². The highest BCUT2D eigenvalue weighted by Gasteiger charge is 2.28. The summed E-state index contributed by atoms with van der Waals surface area (Å²) in [6, 6.07) is 7.22. The largest absolute Gasteiger partial charge is 0.376 e. The molecule has 2 N–H and O–H groups in total. The number of benzene rings is 1. The smallest absolute Gasteiger partial charge is 0.258 e. The first-order valence-corrected chi connectivity index (χ1v) is 6.77. The van der Waals surface area contributed by atoms with E-state index in [-0.39, 0.29) is 6.10 Å². The van der Waals surface area contributed by atoms with E-state index >= 15 is 0 Å². The third-order valence-electron chi connectivity index (χ3n) is 2.72. The van der Waals surface area contributed by atoms with E-state index in [4.69, 9.17) is 26.6 Å². The fourth-order valence-electron chi connectivity index (χ4n) is 1.60. The minimum Gasteiger partial charge on any atom is -0.376 e. The Hall–Kier alpha value is -1.43. The summed E-state index contributed by atoms with van der Waals surface area (Å²) in [5.41, 5.74) is 6.13. The summed E-state index contributed by atoms with van der Waals surface area (Å²) in [5, 5.41) is 4.55. The minimum atomic E-state index is -0.801. The van der Waals surface area contributed by atoms with Crippen LogP contribution in [0.5, 0.6) is 0 Å². The highest BCUT2D eigenvalue weighted by Crippen LogP contribution is 2.23. The molecule has 1 heterocycles. The van der Waals surface area contributed by atoms with Crippen molar-refractivity contribution in [3.63, 3.8) is 0 Å². The average Bonchev–Trinajstić information content (AvgIpc) is 2.87. The molecule has 0 fully saturated rings. The van der Waals surface area contributed by atoms with Crippen molar-refractivity contribution in [2.45, 2.75) is 32.4 Å². The van der Waals surface area contributed by atoms with Crippen LogP contribution in [0.25, 0.3) is 11.5 Å². The Morgan fingerprint density at radius 2 is 2.20 bits per heavy atom. The predicted octanol–water partition coefficient (Wildman–Crippen LogP) is 2.99. The van der Waals surface area contributed by atoms with Crippen LogP contribution in [0.1, 0.15) is 26.6 Å². The number of nitrogens with two attached hydrogens (primary N) is 1. The Labute approximate surface area is 123 Å². The molecule has 1 aromatic heterocycles. The van der Waals surface area contributed by atoms with Crippen molar-refractivity contribution in [1.29, 1.82) is 0 Å². The fourth-order valence-corrected chi connectivity index (χ4v) is 1.79. The van der Waals surface area contributed by atoms with Crippen LogP contribution in [0.15, 0.2) is 28.8 Å². The van der Waals surface area contributed by atoms with Crippen molar-refractivity contribution >= 4 is 11.6 Å². The zero-order chi connectivity index (χ0) is 14.8. The van der Waals surface area contributed by atoms with Gasteiger partial charge in [0.1, 0.15) is 5.54 Å². The molecular formula is C14H18ClN3O2. The van der Waals surface area contributed by atoms with Gasteiger partial charge in [-0.1, -0.05) is 22.8 Å². The number of nitrogens with zero attached hydrogens (tertiary/aromatic N) is 2. The van der Waals surface area contributed by atoms with Crippen LogP contribution in [-0.4, -0.2) is 22.9 Å². The lowest BCUT2D eigenvalue weighted by atomic mass is 10.1. The quantitative estimate of drug-likeness (QED) is 0.918. The molecule has 20 heavy (non-hydrogen) atoms. The van der Waals surface area contributed by atoms with Gasteiger partial charge in [-0.15, -0.1) is 0 Å². The minimum absolute atomic E-state index is 0.0946. The van der Waals surface area contributed by atoms with Gasteiger partial charge in [-0.25, -0.2) is 0 Å². The molecule has 0 aliphatic carbocycles. The Morgan fingerprint density at radius 1 is 1.45 bits per heavy atom. The summed E-state index contributed by atoms with van der Waals surface area (Å²) in [7, 11) is 0. The standard InChI is InChI=1S/C14H18ClN3O2/c1-9(2)19-8-14(3,16)13-17-12(20-18-13)10-5-4-6-11(15)7-10/h4-7,9H,8,16H2,1-3H3. The Balaban J connectivity index is 2.20. The van der Waals surface area contributed by atoms with Crippen molar-refractivity contribution in [1.82, 2.24) is 10.1 Å². The number of rotatable bonds is 5. The zero-order valence-corrected chi connectivity index (χ0v) is 12.5. The maximum absolute atomic E-state index is 6.17. The van der Waals surface area contributed by atoms with E-state index in [0.717, 1.165) is 5.56 Å². The second kappa shape index (κ2) is 5.91. The predicted molar refractivity (Wildman–Crippen MR) is 77.4 cm³/mol. The summed E-state index contributed by atoms with van der Waals surface area (Å²) in [6.07, 6.45) is 0.0946. The lowest BCUT2D eigenvalue weighted by molar-refractivity contribution is 0.0410. The molecule has 0 spiro atoms. The first kappa shape index (κ1) is 15.0. The lowest BCUT2D eigenvalue weighted by Gasteiger charge is -2.21. The van der Waals surface area contributed by atoms with Crippen LogP contribution in [0, 0.1) is 0 Å². The molecule has 0 saturated heterocycles. The maximum atomic E-state index is 6.17. The van der Waals surface area contributed by atoms with Gasteiger partial charge in [-0.05, 0) is 39.0 Å². The molecule has 1 aromatic carbocycles. The van der Waals surface area contributed by atoms with Crippen molar-refractivity contribution in [3.05, 3.63) is 35.1 Å². The summed E-state index contributed by atoms with van der Waals surface area (Å²) < 4.78 is 10.8. The van der Waals surface area contributed by atoms with Gasteiger partial charge < -0.3 is 15.0 Å². The SMILES string of the molecule is CC(C)OCC(C)(N)c1noc(-c2cccc(Cl)c2)n1. The second-order valence-electron chi connectivity index (χ2n) is 5.21. The molecule has 0 aliphatic heterocycles. The summed E-state index contributed by atoms with van der Waals surface area (Å²) >= 11 is 5.94. The average molecular weight is 296 g/mol. The number of ether oxygens (including phenoxy) is 1. The van der Waals surface area contributed by atoms with Gasteiger partial charge >= 0.3 is 0 Å². The molecule has 1 unspecified atom stereocenters. The van der Waals surface area contributed by atoms with Crippen LogP contribution in [0.2, 0.25) is 5.02 Å². The number of hydrogen-bond donors (Lipinski definition) is 1. The summed E-state index contributed by atoms with van der Waals surface area (Å²) in [5.74, 6) is 0.803. The summed E-state index contributed by atoms with van der Waals surface area (Å²) in [4.78, 5) is 4.33. The number of halogens is 1. The molecule has 2 aromatic rings. The van der Waals surface area contributed by atoms with Gasteiger partial charge in [0.05, 0.1) is 12.7 Å². The molecule has 6 heteroatoms. The van der Waals surface area contributed by atoms with Crippen LogP contribution < -0.4 is 5.73 Å². The molecular weight excluding hydrogens is 278 g/mol. The molecule has 2 rings (SSSR count). The monoisotopic (exact) mass is 295 g/mol. The Kier molecular flexibility index (Phi) is 4.42. The van der Waals surface area contributed by atoms with E-state index in [1.165, 1.54) is 0 Å². The molecule has 1 atom stereocenters. The third kappa shape index (κ3) is 3.56. The van der Waals surface area contributed by atoms with Crippen molar-refractivity contribution < 1.29 is 9.26 Å². The van der Waals surface area contributed by atoms with Crippen molar-refractivity contribution in [3.8, 4) is 11.5 Å². The van der Waals surface area contributed by atoms with E-state index in [1.807, 2.05) is 32.9 Å². The molecule has 0 saturated carbocycles. The summed E-state index contributed by atoms with van der Waals surface area (Å²) in [6.45, 7) is 6.02. The molecule has 5 nitrogen and oxygen atoms in total. The Bertz CT molecular complexity index is 581.